The first-order valence-electron chi connectivity index (χ1n) is 6.72. The van der Waals surface area contributed by atoms with Crippen LogP contribution in [0.15, 0.2) is 46.9 Å². The molecular formula is C15H18N2O3. The summed E-state index contributed by atoms with van der Waals surface area (Å²) >= 11 is 0. The van der Waals surface area contributed by atoms with Crippen molar-refractivity contribution in [2.45, 2.75) is 25.8 Å². The third-order valence-electron chi connectivity index (χ3n) is 3.06. The van der Waals surface area contributed by atoms with Gasteiger partial charge in [0.2, 0.25) is 0 Å². The molecule has 0 bridgehead atoms. The molecule has 0 aliphatic heterocycles. The second-order valence-corrected chi connectivity index (χ2v) is 4.63. The first-order chi connectivity index (χ1) is 9.70. The third-order valence-corrected chi connectivity index (χ3v) is 3.06. The predicted molar refractivity (Wildman–Crippen MR) is 76.5 cm³/mol. The van der Waals surface area contributed by atoms with Gasteiger partial charge in [-0.3, -0.25) is 10.1 Å². The van der Waals surface area contributed by atoms with Crippen LogP contribution in [0.4, 0.5) is 5.88 Å². The zero-order chi connectivity index (χ0) is 14.4. The van der Waals surface area contributed by atoms with E-state index in [-0.39, 0.29) is 11.9 Å². The molecule has 0 spiro atoms. The normalized spacial score (nSPS) is 12.2. The van der Waals surface area contributed by atoms with Gasteiger partial charge in [-0.05, 0) is 31.0 Å². The summed E-state index contributed by atoms with van der Waals surface area (Å²) in [5.41, 5.74) is 1.17. The van der Waals surface area contributed by atoms with Gasteiger partial charge in [0.05, 0.1) is 12.1 Å². The maximum Gasteiger partial charge on any atom is 0.433 e. The Kier molecular flexibility index (Phi) is 4.90. The smallest absolute Gasteiger partial charge is 0.404 e. The maximum atomic E-state index is 10.7. The molecular weight excluding hydrogens is 256 g/mol. The predicted octanol–water partition coefficient (Wildman–Crippen LogP) is 3.47. The van der Waals surface area contributed by atoms with Gasteiger partial charge < -0.3 is 9.73 Å². The number of nitro groups is 1. The van der Waals surface area contributed by atoms with Crippen LogP contribution >= 0.6 is 0 Å². The number of hydrogen-bond acceptors (Lipinski definition) is 4. The minimum atomic E-state index is -0.511. The Hall–Kier alpha value is -2.14. The van der Waals surface area contributed by atoms with Crippen LogP contribution in [0.5, 0.6) is 0 Å². The van der Waals surface area contributed by atoms with Crippen LogP contribution in [0.2, 0.25) is 0 Å². The van der Waals surface area contributed by atoms with E-state index >= 15 is 0 Å². The molecule has 5 heteroatoms. The monoisotopic (exact) mass is 274 g/mol. The van der Waals surface area contributed by atoms with Gasteiger partial charge in [0.15, 0.2) is 0 Å². The fourth-order valence-corrected chi connectivity index (χ4v) is 2.07. The molecule has 0 aliphatic carbocycles. The molecule has 20 heavy (non-hydrogen) atoms. The fourth-order valence-electron chi connectivity index (χ4n) is 2.07. The second-order valence-electron chi connectivity index (χ2n) is 4.63. The van der Waals surface area contributed by atoms with Crippen molar-refractivity contribution in [3.63, 3.8) is 0 Å². The summed E-state index contributed by atoms with van der Waals surface area (Å²) in [6.07, 6.45) is 1.74. The Labute approximate surface area is 117 Å². The molecule has 0 fully saturated rings. The van der Waals surface area contributed by atoms with Gasteiger partial charge in [-0.2, -0.15) is 0 Å². The first-order valence-corrected chi connectivity index (χ1v) is 6.72. The van der Waals surface area contributed by atoms with Crippen molar-refractivity contribution in [2.24, 2.45) is 0 Å². The SMILES string of the molecule is CCCNC(Cc1ccccc1)c1ccc([N+](=O)[O-])o1. The van der Waals surface area contributed by atoms with Crippen molar-refractivity contribution in [3.8, 4) is 0 Å². The van der Waals surface area contributed by atoms with Crippen molar-refractivity contribution in [1.29, 1.82) is 0 Å². The van der Waals surface area contributed by atoms with Gasteiger partial charge in [-0.25, -0.2) is 0 Å². The molecule has 1 atom stereocenters. The van der Waals surface area contributed by atoms with Crippen LogP contribution in [-0.4, -0.2) is 11.5 Å². The summed E-state index contributed by atoms with van der Waals surface area (Å²) in [7, 11) is 0. The zero-order valence-corrected chi connectivity index (χ0v) is 11.4. The van der Waals surface area contributed by atoms with Crippen LogP contribution in [0, 0.1) is 10.1 Å². The number of rotatable bonds is 7. The highest BCUT2D eigenvalue weighted by atomic mass is 16.6. The van der Waals surface area contributed by atoms with E-state index in [2.05, 4.69) is 12.2 Å². The molecule has 0 saturated heterocycles. The molecule has 2 rings (SSSR count). The summed E-state index contributed by atoms with van der Waals surface area (Å²) in [6, 6.07) is 13.0. The van der Waals surface area contributed by atoms with E-state index in [1.807, 2.05) is 30.3 Å². The van der Waals surface area contributed by atoms with E-state index < -0.39 is 4.92 Å². The largest absolute Gasteiger partial charge is 0.433 e. The maximum absolute atomic E-state index is 10.7. The van der Waals surface area contributed by atoms with Crippen LogP contribution in [0.25, 0.3) is 0 Å². The number of nitrogens with one attached hydrogen (secondary N) is 1. The number of benzene rings is 1. The van der Waals surface area contributed by atoms with Crippen molar-refractivity contribution >= 4 is 5.88 Å². The standard InChI is InChI=1S/C15H18N2O3/c1-2-10-16-13(11-12-6-4-3-5-7-12)14-8-9-15(20-14)17(18)19/h3-9,13,16H,2,10-11H2,1H3. The van der Waals surface area contributed by atoms with Crippen LogP contribution in [0.1, 0.15) is 30.7 Å². The third kappa shape index (κ3) is 3.68. The fraction of sp³-hybridized carbons (Fsp3) is 0.333. The molecule has 1 aromatic carbocycles. The van der Waals surface area contributed by atoms with Crippen molar-refractivity contribution in [3.05, 3.63) is 63.9 Å². The number of furan rings is 1. The minimum Gasteiger partial charge on any atom is -0.404 e. The molecule has 0 amide bonds. The molecule has 106 valence electrons. The Bertz CT molecular complexity index is 551. The molecule has 1 N–H and O–H groups in total. The molecule has 0 aliphatic rings. The quantitative estimate of drug-likeness (QED) is 0.620. The van der Waals surface area contributed by atoms with Crippen molar-refractivity contribution in [2.75, 3.05) is 6.54 Å². The van der Waals surface area contributed by atoms with Gasteiger partial charge in [-0.15, -0.1) is 0 Å². The first kappa shape index (κ1) is 14.3. The van der Waals surface area contributed by atoms with Crippen LogP contribution < -0.4 is 5.32 Å². The van der Waals surface area contributed by atoms with Crippen LogP contribution in [0.3, 0.4) is 0 Å². The highest BCUT2D eigenvalue weighted by molar-refractivity contribution is 5.23. The Balaban J connectivity index is 2.15. The summed E-state index contributed by atoms with van der Waals surface area (Å²) in [6.45, 7) is 2.92. The van der Waals surface area contributed by atoms with E-state index in [0.29, 0.717) is 5.76 Å². The average molecular weight is 274 g/mol. The van der Waals surface area contributed by atoms with E-state index in [1.165, 1.54) is 11.6 Å². The van der Waals surface area contributed by atoms with Gasteiger partial charge in [0.25, 0.3) is 0 Å². The second kappa shape index (κ2) is 6.86. The van der Waals surface area contributed by atoms with Crippen molar-refractivity contribution in [1.82, 2.24) is 5.32 Å². The van der Waals surface area contributed by atoms with Gasteiger partial charge in [0.1, 0.15) is 10.7 Å². The lowest BCUT2D eigenvalue weighted by atomic mass is 10.0. The Morgan fingerprint density at radius 2 is 2.00 bits per heavy atom. The topological polar surface area (TPSA) is 68.3 Å². The number of hydrogen-bond donors (Lipinski definition) is 1. The van der Waals surface area contributed by atoms with E-state index in [1.54, 1.807) is 6.07 Å². The molecule has 5 nitrogen and oxygen atoms in total. The van der Waals surface area contributed by atoms with Gasteiger partial charge >= 0.3 is 5.88 Å². The summed E-state index contributed by atoms with van der Waals surface area (Å²) in [5, 5.41) is 14.1. The van der Waals surface area contributed by atoms with E-state index in [0.717, 1.165) is 19.4 Å². The van der Waals surface area contributed by atoms with Crippen molar-refractivity contribution < 1.29 is 9.34 Å². The highest BCUT2D eigenvalue weighted by Crippen LogP contribution is 2.24. The summed E-state index contributed by atoms with van der Waals surface area (Å²) in [4.78, 5) is 10.2. The lowest BCUT2D eigenvalue weighted by Gasteiger charge is -2.16. The number of nitrogens with zero attached hydrogens (tertiary/aromatic N) is 1. The lowest BCUT2D eigenvalue weighted by Crippen LogP contribution is -2.23. The zero-order valence-electron chi connectivity index (χ0n) is 11.4. The molecule has 2 aromatic rings. The summed E-state index contributed by atoms with van der Waals surface area (Å²) in [5.74, 6) is 0.394. The molecule has 1 unspecified atom stereocenters. The lowest BCUT2D eigenvalue weighted by molar-refractivity contribution is -0.402. The highest BCUT2D eigenvalue weighted by Gasteiger charge is 2.19. The van der Waals surface area contributed by atoms with E-state index in [9.17, 15) is 10.1 Å². The molecule has 0 radical (unpaired) electrons. The molecule has 0 saturated carbocycles. The van der Waals surface area contributed by atoms with Gasteiger partial charge in [0, 0.05) is 0 Å². The van der Waals surface area contributed by atoms with E-state index in [4.69, 9.17) is 4.42 Å². The Morgan fingerprint density at radius 1 is 1.25 bits per heavy atom. The van der Waals surface area contributed by atoms with Crippen LogP contribution in [-0.2, 0) is 6.42 Å². The minimum absolute atomic E-state index is 0.0500. The molecule has 1 heterocycles. The van der Waals surface area contributed by atoms with Gasteiger partial charge in [-0.1, -0.05) is 37.3 Å². The molecule has 1 aromatic heterocycles. The summed E-state index contributed by atoms with van der Waals surface area (Å²) < 4.78 is 5.31. The average Bonchev–Trinajstić information content (AvgIpc) is 2.94. The Morgan fingerprint density at radius 3 is 2.60 bits per heavy atom.